The van der Waals surface area contributed by atoms with Crippen LogP contribution in [0.1, 0.15) is 5.82 Å². The first-order valence-electron chi connectivity index (χ1n) is 5.23. The maximum atomic E-state index is 9.43. The molecule has 4 nitrogen and oxygen atoms in total. The molecular formula is C11H11BrN2O2S. The summed E-state index contributed by atoms with van der Waals surface area (Å²) in [7, 11) is 0. The highest BCUT2D eigenvalue weighted by Gasteiger charge is 2.42. The number of aliphatic hydroxyl groups excluding tert-OH is 1. The molecule has 3 rings (SSSR count). The van der Waals surface area contributed by atoms with Gasteiger partial charge in [0.25, 0.3) is 0 Å². The molecule has 0 spiro atoms. The Labute approximate surface area is 111 Å². The number of hydrogen-bond donors (Lipinski definition) is 2. The number of nitrogens with zero attached hydrogens (tertiary/aromatic N) is 1. The van der Waals surface area contributed by atoms with Crippen molar-refractivity contribution in [2.45, 2.75) is 5.41 Å². The fraction of sp³-hybridized carbons (Fsp3) is 0.364. The Bertz CT molecular complexity index is 528. The highest BCUT2D eigenvalue weighted by atomic mass is 79.9. The molecule has 17 heavy (non-hydrogen) atoms. The normalized spacial score (nSPS) is 18.0. The minimum Gasteiger partial charge on any atom is -0.395 e. The summed E-state index contributed by atoms with van der Waals surface area (Å²) in [6.07, 6.45) is 1.81. The monoisotopic (exact) mass is 314 g/mol. The number of H-pyrrole nitrogens is 1. The molecule has 1 fully saturated rings. The van der Waals surface area contributed by atoms with Crippen LogP contribution in [0.5, 0.6) is 0 Å². The zero-order valence-electron chi connectivity index (χ0n) is 8.94. The Kier molecular flexibility index (Phi) is 2.82. The molecule has 2 aromatic rings. The fourth-order valence-electron chi connectivity index (χ4n) is 1.83. The van der Waals surface area contributed by atoms with E-state index in [1.807, 2.05) is 18.3 Å². The molecule has 0 amide bonds. The second-order valence-electron chi connectivity index (χ2n) is 4.18. The number of aromatic amines is 1. The summed E-state index contributed by atoms with van der Waals surface area (Å²) in [5.74, 6) is 0.811. The standard InChI is InChI=1S/C11H11BrN2O2S/c12-9-2-1-8(17-9)7-3-13-10(14-7)11(4-15)5-16-6-11/h1-3,15H,4-6H2,(H,13,14). The number of thiophene rings is 1. The molecule has 0 radical (unpaired) electrons. The molecular weight excluding hydrogens is 304 g/mol. The first-order valence-corrected chi connectivity index (χ1v) is 6.84. The van der Waals surface area contributed by atoms with Gasteiger partial charge in [-0.3, -0.25) is 0 Å². The Morgan fingerprint density at radius 2 is 2.35 bits per heavy atom. The summed E-state index contributed by atoms with van der Waals surface area (Å²) >= 11 is 5.09. The molecule has 0 unspecified atom stereocenters. The van der Waals surface area contributed by atoms with Crippen LogP contribution in [-0.4, -0.2) is 34.9 Å². The van der Waals surface area contributed by atoms with Gasteiger partial charge in [0.05, 0.1) is 45.8 Å². The van der Waals surface area contributed by atoms with Crippen molar-refractivity contribution in [3.63, 3.8) is 0 Å². The van der Waals surface area contributed by atoms with E-state index in [0.29, 0.717) is 13.2 Å². The van der Waals surface area contributed by atoms with Gasteiger partial charge in [-0.05, 0) is 28.1 Å². The van der Waals surface area contributed by atoms with E-state index in [1.54, 1.807) is 11.3 Å². The van der Waals surface area contributed by atoms with Crippen LogP contribution in [0.2, 0.25) is 0 Å². The zero-order chi connectivity index (χ0) is 11.9. The van der Waals surface area contributed by atoms with E-state index >= 15 is 0 Å². The highest BCUT2D eigenvalue weighted by Crippen LogP contribution is 2.34. The van der Waals surface area contributed by atoms with E-state index in [2.05, 4.69) is 25.9 Å². The van der Waals surface area contributed by atoms with Gasteiger partial charge < -0.3 is 14.8 Å². The van der Waals surface area contributed by atoms with Gasteiger partial charge >= 0.3 is 0 Å². The maximum Gasteiger partial charge on any atom is 0.119 e. The molecule has 3 heterocycles. The van der Waals surface area contributed by atoms with E-state index in [4.69, 9.17) is 4.74 Å². The molecule has 1 aliphatic rings. The summed E-state index contributed by atoms with van der Waals surface area (Å²) in [5, 5.41) is 9.43. The Morgan fingerprint density at radius 1 is 1.53 bits per heavy atom. The average Bonchev–Trinajstić information content (AvgIpc) is 2.86. The topological polar surface area (TPSA) is 58.1 Å². The summed E-state index contributed by atoms with van der Waals surface area (Å²) < 4.78 is 6.27. The third-order valence-electron chi connectivity index (χ3n) is 2.98. The van der Waals surface area contributed by atoms with Crippen LogP contribution in [0.15, 0.2) is 22.1 Å². The molecule has 2 aromatic heterocycles. The Hall–Kier alpha value is -0.690. The van der Waals surface area contributed by atoms with Gasteiger partial charge in [0.1, 0.15) is 5.82 Å². The van der Waals surface area contributed by atoms with Gasteiger partial charge in [0, 0.05) is 0 Å². The Balaban J connectivity index is 1.92. The number of aromatic nitrogens is 2. The predicted octanol–water partition coefficient (Wildman–Crippen LogP) is 2.16. The zero-order valence-corrected chi connectivity index (χ0v) is 11.3. The lowest BCUT2D eigenvalue weighted by atomic mass is 9.86. The van der Waals surface area contributed by atoms with Crippen LogP contribution in [0.4, 0.5) is 0 Å². The number of halogens is 1. The van der Waals surface area contributed by atoms with Crippen molar-refractivity contribution >= 4 is 27.3 Å². The smallest absolute Gasteiger partial charge is 0.119 e. The number of imidazole rings is 1. The number of hydrogen-bond acceptors (Lipinski definition) is 4. The summed E-state index contributed by atoms with van der Waals surface area (Å²) in [6, 6.07) is 4.05. The quantitative estimate of drug-likeness (QED) is 0.912. The summed E-state index contributed by atoms with van der Waals surface area (Å²) in [6.45, 7) is 1.13. The van der Waals surface area contributed by atoms with Crippen LogP contribution in [0.25, 0.3) is 10.6 Å². The van der Waals surface area contributed by atoms with E-state index < -0.39 is 0 Å². The van der Waals surface area contributed by atoms with E-state index in [-0.39, 0.29) is 12.0 Å². The molecule has 0 aliphatic carbocycles. The van der Waals surface area contributed by atoms with Gasteiger partial charge in [0.15, 0.2) is 0 Å². The van der Waals surface area contributed by atoms with Crippen LogP contribution >= 0.6 is 27.3 Å². The van der Waals surface area contributed by atoms with Gasteiger partial charge in [0.2, 0.25) is 0 Å². The van der Waals surface area contributed by atoms with Gasteiger partial charge in [-0.15, -0.1) is 11.3 Å². The van der Waals surface area contributed by atoms with Crippen LogP contribution in [0.3, 0.4) is 0 Å². The second kappa shape index (κ2) is 4.20. The lowest BCUT2D eigenvalue weighted by Crippen LogP contribution is -2.50. The lowest BCUT2D eigenvalue weighted by Gasteiger charge is -2.37. The van der Waals surface area contributed by atoms with Crippen molar-refractivity contribution in [1.29, 1.82) is 0 Å². The predicted molar refractivity (Wildman–Crippen MR) is 69.2 cm³/mol. The number of rotatable bonds is 3. The molecule has 6 heteroatoms. The van der Waals surface area contributed by atoms with E-state index in [1.165, 1.54) is 0 Å². The average molecular weight is 315 g/mol. The van der Waals surface area contributed by atoms with Crippen molar-refractivity contribution in [3.8, 4) is 10.6 Å². The largest absolute Gasteiger partial charge is 0.395 e. The Morgan fingerprint density at radius 3 is 2.88 bits per heavy atom. The maximum absolute atomic E-state index is 9.43. The SMILES string of the molecule is OCC1(c2ncc(-c3ccc(Br)s3)[nH]2)COC1. The molecule has 0 bridgehead atoms. The van der Waals surface area contributed by atoms with E-state index in [0.717, 1.165) is 20.2 Å². The molecule has 90 valence electrons. The minimum atomic E-state index is -0.327. The third kappa shape index (κ3) is 1.85. The first-order chi connectivity index (χ1) is 8.23. The van der Waals surface area contributed by atoms with E-state index in [9.17, 15) is 5.11 Å². The summed E-state index contributed by atoms with van der Waals surface area (Å²) in [4.78, 5) is 8.77. The number of ether oxygens (including phenoxy) is 1. The van der Waals surface area contributed by atoms with Crippen molar-refractivity contribution < 1.29 is 9.84 Å². The molecule has 1 saturated heterocycles. The number of nitrogens with one attached hydrogen (secondary N) is 1. The highest BCUT2D eigenvalue weighted by molar-refractivity contribution is 9.11. The van der Waals surface area contributed by atoms with Crippen molar-refractivity contribution in [2.24, 2.45) is 0 Å². The second-order valence-corrected chi connectivity index (χ2v) is 6.64. The third-order valence-corrected chi connectivity index (χ3v) is 4.63. The van der Waals surface area contributed by atoms with Gasteiger partial charge in [-0.1, -0.05) is 0 Å². The van der Waals surface area contributed by atoms with Crippen molar-refractivity contribution in [2.75, 3.05) is 19.8 Å². The first kappa shape index (κ1) is 11.4. The van der Waals surface area contributed by atoms with Gasteiger partial charge in [-0.25, -0.2) is 4.98 Å². The molecule has 0 aromatic carbocycles. The van der Waals surface area contributed by atoms with Crippen molar-refractivity contribution in [1.82, 2.24) is 9.97 Å². The molecule has 1 aliphatic heterocycles. The number of aliphatic hydroxyl groups is 1. The van der Waals surface area contributed by atoms with Crippen LogP contribution < -0.4 is 0 Å². The molecule has 0 saturated carbocycles. The van der Waals surface area contributed by atoms with Gasteiger partial charge in [-0.2, -0.15) is 0 Å². The minimum absolute atomic E-state index is 0.0636. The lowest BCUT2D eigenvalue weighted by molar-refractivity contribution is -0.0880. The molecule has 0 atom stereocenters. The van der Waals surface area contributed by atoms with Crippen LogP contribution in [0, 0.1) is 0 Å². The molecule has 2 N–H and O–H groups in total. The van der Waals surface area contributed by atoms with Crippen molar-refractivity contribution in [3.05, 3.63) is 27.9 Å². The summed E-state index contributed by atoms with van der Waals surface area (Å²) in [5.41, 5.74) is 0.655. The fourth-order valence-corrected chi connectivity index (χ4v) is 3.18. The van der Waals surface area contributed by atoms with Crippen LogP contribution in [-0.2, 0) is 10.2 Å².